The van der Waals surface area contributed by atoms with E-state index in [0.717, 1.165) is 55.6 Å². The lowest BCUT2D eigenvalue weighted by Crippen LogP contribution is -2.32. The number of aliphatic carboxylic acids is 1. The van der Waals surface area contributed by atoms with Gasteiger partial charge in [-0.25, -0.2) is 9.97 Å². The van der Waals surface area contributed by atoms with E-state index in [9.17, 15) is 9.59 Å². The molecule has 10 nitrogen and oxygen atoms in total. The van der Waals surface area contributed by atoms with Crippen LogP contribution < -0.4 is 9.47 Å². The monoisotopic (exact) mass is 712 g/mol. The van der Waals surface area contributed by atoms with Crippen LogP contribution in [-0.4, -0.2) is 56.0 Å². The molecular formula is C38H40N4O6S2. The zero-order valence-electron chi connectivity index (χ0n) is 28.7. The summed E-state index contributed by atoms with van der Waals surface area (Å²) in [4.78, 5) is 32.0. The molecule has 0 atom stereocenters. The largest absolute Gasteiger partial charge is 0.496 e. The number of nitrogens with zero attached hydrogens (tertiary/aromatic N) is 4. The van der Waals surface area contributed by atoms with Crippen molar-refractivity contribution in [3.8, 4) is 11.5 Å². The van der Waals surface area contributed by atoms with Crippen LogP contribution in [0.5, 0.6) is 11.5 Å². The number of methoxy groups -OCH3 is 2. The van der Waals surface area contributed by atoms with Gasteiger partial charge < -0.3 is 28.5 Å². The van der Waals surface area contributed by atoms with Crippen LogP contribution in [0.25, 0.3) is 22.1 Å². The van der Waals surface area contributed by atoms with Crippen molar-refractivity contribution in [1.82, 2.24) is 19.1 Å². The third-order valence-corrected chi connectivity index (χ3v) is 9.64. The fraction of sp³-hybridized carbons (Fsp3) is 0.263. The molecule has 1 N–H and O–H groups in total. The zero-order chi connectivity index (χ0) is 35.7. The average Bonchev–Trinajstić information content (AvgIpc) is 3.62. The first kappa shape index (κ1) is 36.3. The van der Waals surface area contributed by atoms with Crippen LogP contribution in [0.15, 0.2) is 107 Å². The summed E-state index contributed by atoms with van der Waals surface area (Å²) in [6, 6.07) is 31.3. The summed E-state index contributed by atoms with van der Waals surface area (Å²) in [5.74, 6) is 1.92. The quantitative estimate of drug-likeness (QED) is 0.0930. The van der Waals surface area contributed by atoms with E-state index in [4.69, 9.17) is 24.3 Å². The molecule has 2 aromatic heterocycles. The first-order chi connectivity index (χ1) is 24.1. The van der Waals surface area contributed by atoms with Crippen LogP contribution in [0.2, 0.25) is 0 Å². The van der Waals surface area contributed by atoms with Gasteiger partial charge in [0, 0.05) is 29.6 Å². The zero-order valence-corrected chi connectivity index (χ0v) is 30.3. The second-order valence-corrected chi connectivity index (χ2v) is 13.8. The molecule has 50 heavy (non-hydrogen) atoms. The van der Waals surface area contributed by atoms with E-state index in [-0.39, 0.29) is 12.5 Å². The molecule has 260 valence electrons. The number of benzene rings is 4. The highest BCUT2D eigenvalue weighted by molar-refractivity contribution is 7.98. The maximum absolute atomic E-state index is 11.5. The number of carboxylic acids is 1. The fourth-order valence-corrected chi connectivity index (χ4v) is 7.51. The number of carbonyl (C=O) groups excluding carboxylic acids is 1. The van der Waals surface area contributed by atoms with Gasteiger partial charge in [0.15, 0.2) is 10.3 Å². The molecule has 0 bridgehead atoms. The molecule has 4 aromatic carbocycles. The van der Waals surface area contributed by atoms with Crippen molar-refractivity contribution in [2.45, 2.75) is 61.3 Å². The molecule has 0 aliphatic carbocycles. The number of para-hydroxylation sites is 6. The highest BCUT2D eigenvalue weighted by Gasteiger charge is 2.25. The molecule has 6 aromatic rings. The van der Waals surface area contributed by atoms with Gasteiger partial charge in [0.25, 0.3) is 0 Å². The van der Waals surface area contributed by atoms with Gasteiger partial charge in [0.2, 0.25) is 0 Å². The van der Waals surface area contributed by atoms with Crippen LogP contribution in [0.4, 0.5) is 0 Å². The molecule has 0 unspecified atom stereocenters. The second kappa shape index (κ2) is 16.6. The number of hydrogen-bond donors (Lipinski definition) is 1. The lowest BCUT2D eigenvalue weighted by atomic mass is 10.1. The molecule has 2 heterocycles. The van der Waals surface area contributed by atoms with Crippen molar-refractivity contribution in [3.05, 3.63) is 108 Å². The van der Waals surface area contributed by atoms with Gasteiger partial charge in [-0.15, -0.1) is 0 Å². The fourth-order valence-electron chi connectivity index (χ4n) is 5.50. The molecule has 0 amide bonds. The van der Waals surface area contributed by atoms with Crippen LogP contribution in [0, 0.1) is 0 Å². The molecule has 0 spiro atoms. The number of aromatic nitrogens is 4. The first-order valence-corrected chi connectivity index (χ1v) is 17.9. The van der Waals surface area contributed by atoms with Gasteiger partial charge in [-0.3, -0.25) is 9.59 Å². The van der Waals surface area contributed by atoms with E-state index >= 15 is 0 Å². The number of carboxylic acid groups (broad SMARTS) is 1. The normalized spacial score (nSPS) is 11.2. The molecular weight excluding hydrogens is 673 g/mol. The lowest BCUT2D eigenvalue weighted by molar-refractivity contribution is -0.154. The summed E-state index contributed by atoms with van der Waals surface area (Å²) in [6.07, 6.45) is 0. The van der Waals surface area contributed by atoms with Gasteiger partial charge in [-0.1, -0.05) is 84.2 Å². The van der Waals surface area contributed by atoms with E-state index in [2.05, 4.69) is 15.6 Å². The van der Waals surface area contributed by atoms with Crippen molar-refractivity contribution in [2.24, 2.45) is 0 Å². The van der Waals surface area contributed by atoms with E-state index in [1.54, 1.807) is 30.5 Å². The van der Waals surface area contributed by atoms with Gasteiger partial charge >= 0.3 is 11.9 Å². The Hall–Kier alpha value is -4.94. The number of hydrogen-bond acceptors (Lipinski definition) is 9. The summed E-state index contributed by atoms with van der Waals surface area (Å²) in [5, 5.41) is 10.7. The predicted molar refractivity (Wildman–Crippen MR) is 198 cm³/mol. The number of imidazole rings is 2. The third kappa shape index (κ3) is 9.19. The summed E-state index contributed by atoms with van der Waals surface area (Å²) < 4.78 is 20.2. The maximum Gasteiger partial charge on any atom is 0.323 e. The molecule has 0 saturated heterocycles. The summed E-state index contributed by atoms with van der Waals surface area (Å²) in [7, 11) is 3.32. The van der Waals surface area contributed by atoms with Gasteiger partial charge in [-0.2, -0.15) is 0 Å². The molecule has 0 aliphatic heterocycles. The molecule has 0 aliphatic rings. The van der Waals surface area contributed by atoms with Gasteiger partial charge in [0.1, 0.15) is 23.6 Å². The van der Waals surface area contributed by atoms with Crippen molar-refractivity contribution in [2.75, 3.05) is 14.2 Å². The number of rotatable bonds is 13. The van der Waals surface area contributed by atoms with Crippen molar-refractivity contribution >= 4 is 57.5 Å². The number of fused-ring (bicyclic) bond motifs is 2. The Bertz CT molecular complexity index is 2090. The Balaban J connectivity index is 0.000000197. The molecule has 0 saturated carbocycles. The third-order valence-electron chi connectivity index (χ3n) is 7.59. The number of thioether (sulfide) groups is 2. The van der Waals surface area contributed by atoms with E-state index < -0.39 is 11.6 Å². The van der Waals surface area contributed by atoms with Crippen LogP contribution in [0.3, 0.4) is 0 Å². The molecule has 12 heteroatoms. The Kier molecular flexibility index (Phi) is 12.1. The van der Waals surface area contributed by atoms with E-state index in [1.807, 2.05) is 105 Å². The van der Waals surface area contributed by atoms with Crippen LogP contribution in [-0.2, 0) is 38.9 Å². The van der Waals surface area contributed by atoms with Crippen LogP contribution in [0.1, 0.15) is 31.9 Å². The van der Waals surface area contributed by atoms with Crippen LogP contribution >= 0.6 is 23.5 Å². The second-order valence-electron chi connectivity index (χ2n) is 11.9. The Labute approximate surface area is 299 Å². The van der Waals surface area contributed by atoms with E-state index in [1.165, 1.54) is 18.7 Å². The topological polar surface area (TPSA) is 118 Å². The lowest BCUT2D eigenvalue weighted by Gasteiger charge is -2.26. The summed E-state index contributed by atoms with van der Waals surface area (Å²) in [5.41, 5.74) is 5.12. The summed E-state index contributed by atoms with van der Waals surface area (Å²) in [6.45, 7) is 5.69. The molecule has 0 fully saturated rings. The van der Waals surface area contributed by atoms with Gasteiger partial charge in [-0.05, 0) is 50.2 Å². The van der Waals surface area contributed by atoms with E-state index in [0.29, 0.717) is 17.5 Å². The number of ether oxygens (including phenoxy) is 3. The molecule has 0 radical (unpaired) electrons. The minimum atomic E-state index is -0.882. The summed E-state index contributed by atoms with van der Waals surface area (Å²) >= 11 is 3.15. The minimum Gasteiger partial charge on any atom is -0.496 e. The van der Waals surface area contributed by atoms with Crippen molar-refractivity contribution in [3.63, 3.8) is 0 Å². The van der Waals surface area contributed by atoms with Crippen molar-refractivity contribution in [1.29, 1.82) is 0 Å². The number of esters is 1. The standard InChI is InChI=1S/C21H24N2O3S.C17H16N2O3S/c1-15(24)26-21(2,3)14-23-18-11-7-6-10-17(18)22-20(23)27-13-16-9-5-8-12-19(16)25-4;1-22-15-9-5-2-6-12(15)11-23-17-18-13-7-3-4-8-14(13)19(17)10-16(20)21/h5-12H,13-14H2,1-4H3;2-9H,10-11H2,1H3,(H,20,21). The molecule has 6 rings (SSSR count). The highest BCUT2D eigenvalue weighted by Crippen LogP contribution is 2.32. The number of carbonyl (C=O) groups is 2. The smallest absolute Gasteiger partial charge is 0.323 e. The van der Waals surface area contributed by atoms with Crippen molar-refractivity contribution < 1.29 is 28.9 Å². The SMILES string of the molecule is COc1ccccc1CSc1nc2ccccc2n1CC(=O)O.COc1ccccc1CSc1nc2ccccc2n1CC(C)(C)OC(C)=O. The highest BCUT2D eigenvalue weighted by atomic mass is 32.2. The minimum absolute atomic E-state index is 0.102. The Morgan fingerprint density at radius 2 is 1.14 bits per heavy atom. The maximum atomic E-state index is 11.5. The average molecular weight is 713 g/mol. The first-order valence-electron chi connectivity index (χ1n) is 15.9. The Morgan fingerprint density at radius 3 is 1.62 bits per heavy atom. The predicted octanol–water partition coefficient (Wildman–Crippen LogP) is 8.10. The van der Waals surface area contributed by atoms with Gasteiger partial charge in [0.05, 0.1) is 42.8 Å². The Morgan fingerprint density at radius 1 is 0.700 bits per heavy atom.